The molecular formula is C12H20O2. The van der Waals surface area contributed by atoms with Crippen LogP contribution >= 0.6 is 0 Å². The molecule has 0 saturated carbocycles. The second-order valence-electron chi connectivity index (χ2n) is 4.65. The van der Waals surface area contributed by atoms with Crippen LogP contribution in [0.2, 0.25) is 0 Å². The second-order valence-corrected chi connectivity index (χ2v) is 4.65. The maximum atomic E-state index is 11.5. The Bertz CT molecular complexity index is 213. The van der Waals surface area contributed by atoms with E-state index < -0.39 is 5.60 Å². The van der Waals surface area contributed by atoms with E-state index in [4.69, 9.17) is 0 Å². The van der Waals surface area contributed by atoms with Crippen LogP contribution in [-0.4, -0.2) is 16.5 Å². The molecule has 0 bridgehead atoms. The van der Waals surface area contributed by atoms with Gasteiger partial charge < -0.3 is 5.11 Å². The predicted octanol–water partition coefficient (Wildman–Crippen LogP) is 2.48. The minimum absolute atomic E-state index is 0.0276. The zero-order valence-corrected chi connectivity index (χ0v) is 9.34. The quantitative estimate of drug-likeness (QED) is 0.663. The van der Waals surface area contributed by atoms with Crippen molar-refractivity contribution in [2.45, 2.75) is 39.2 Å². The summed E-state index contributed by atoms with van der Waals surface area (Å²) < 4.78 is 0. The van der Waals surface area contributed by atoms with Crippen molar-refractivity contribution < 1.29 is 9.90 Å². The number of allylic oxidation sites excluding steroid dienone is 1. The van der Waals surface area contributed by atoms with Gasteiger partial charge in [0.1, 0.15) is 5.78 Å². The molecule has 0 aliphatic heterocycles. The average molecular weight is 196 g/mol. The molecule has 0 fully saturated rings. The van der Waals surface area contributed by atoms with Crippen LogP contribution in [0.5, 0.6) is 0 Å². The summed E-state index contributed by atoms with van der Waals surface area (Å²) in [6.45, 7) is 12.6. The highest BCUT2D eigenvalue weighted by Crippen LogP contribution is 2.24. The van der Waals surface area contributed by atoms with E-state index in [0.29, 0.717) is 6.42 Å². The molecule has 1 atom stereocenters. The molecule has 0 radical (unpaired) electrons. The topological polar surface area (TPSA) is 37.3 Å². The molecule has 0 aliphatic rings. The number of aliphatic hydroxyl groups is 1. The second kappa shape index (κ2) is 4.56. The van der Waals surface area contributed by atoms with Gasteiger partial charge in [-0.15, -0.1) is 13.2 Å². The van der Waals surface area contributed by atoms with E-state index in [1.54, 1.807) is 13.0 Å². The smallest absolute Gasteiger partial charge is 0.136 e. The lowest BCUT2D eigenvalue weighted by Crippen LogP contribution is -2.27. The van der Waals surface area contributed by atoms with E-state index >= 15 is 0 Å². The van der Waals surface area contributed by atoms with Gasteiger partial charge in [-0.1, -0.05) is 26.0 Å². The number of rotatable bonds is 6. The fraction of sp³-hybridized carbons (Fsp3) is 0.583. The van der Waals surface area contributed by atoms with E-state index in [1.807, 2.05) is 13.8 Å². The van der Waals surface area contributed by atoms with Gasteiger partial charge in [0, 0.05) is 12.8 Å². The van der Waals surface area contributed by atoms with Crippen molar-refractivity contribution in [3.63, 3.8) is 0 Å². The molecule has 0 aromatic heterocycles. The third-order valence-electron chi connectivity index (χ3n) is 2.20. The number of ketones is 1. The van der Waals surface area contributed by atoms with E-state index in [9.17, 15) is 9.90 Å². The average Bonchev–Trinajstić information content (AvgIpc) is 2.02. The molecule has 80 valence electrons. The minimum atomic E-state index is -1.09. The van der Waals surface area contributed by atoms with E-state index in [0.717, 1.165) is 0 Å². The third kappa shape index (κ3) is 4.97. The van der Waals surface area contributed by atoms with Crippen LogP contribution in [-0.2, 0) is 4.79 Å². The van der Waals surface area contributed by atoms with Gasteiger partial charge in [-0.3, -0.25) is 4.79 Å². The summed E-state index contributed by atoms with van der Waals surface area (Å²) in [6, 6.07) is 0. The maximum absolute atomic E-state index is 11.5. The van der Waals surface area contributed by atoms with Crippen molar-refractivity contribution in [3.8, 4) is 0 Å². The lowest BCUT2D eigenvalue weighted by molar-refractivity contribution is -0.123. The summed E-state index contributed by atoms with van der Waals surface area (Å²) in [5.41, 5.74) is -1.29. The van der Waals surface area contributed by atoms with Gasteiger partial charge in [-0.2, -0.15) is 0 Å². The van der Waals surface area contributed by atoms with Gasteiger partial charge in [-0.25, -0.2) is 0 Å². The number of carbonyl (C=O) groups is 1. The molecule has 2 nitrogen and oxygen atoms in total. The molecule has 0 saturated heterocycles. The van der Waals surface area contributed by atoms with Gasteiger partial charge >= 0.3 is 0 Å². The van der Waals surface area contributed by atoms with Gasteiger partial charge in [0.2, 0.25) is 0 Å². The monoisotopic (exact) mass is 196 g/mol. The highest BCUT2D eigenvalue weighted by atomic mass is 16.3. The van der Waals surface area contributed by atoms with Crippen LogP contribution in [0.3, 0.4) is 0 Å². The van der Waals surface area contributed by atoms with Gasteiger partial charge in [0.25, 0.3) is 0 Å². The Labute approximate surface area is 86.3 Å². The number of carbonyl (C=O) groups excluding carboxylic acids is 1. The van der Waals surface area contributed by atoms with Crippen LogP contribution in [0.15, 0.2) is 25.3 Å². The van der Waals surface area contributed by atoms with Crippen molar-refractivity contribution in [1.29, 1.82) is 0 Å². The molecule has 1 N–H and O–H groups in total. The number of hydrogen-bond acceptors (Lipinski definition) is 2. The van der Waals surface area contributed by atoms with Crippen LogP contribution in [0.1, 0.15) is 33.6 Å². The van der Waals surface area contributed by atoms with Crippen molar-refractivity contribution in [1.82, 2.24) is 0 Å². The molecule has 0 aliphatic carbocycles. The number of hydrogen-bond donors (Lipinski definition) is 1. The molecule has 0 heterocycles. The Morgan fingerprint density at radius 3 is 2.07 bits per heavy atom. The predicted molar refractivity (Wildman–Crippen MR) is 59.0 cm³/mol. The van der Waals surface area contributed by atoms with Gasteiger partial charge in [0.05, 0.1) is 5.60 Å². The molecule has 0 spiro atoms. The van der Waals surface area contributed by atoms with Crippen molar-refractivity contribution in [3.05, 3.63) is 25.3 Å². The lowest BCUT2D eigenvalue weighted by atomic mass is 9.84. The van der Waals surface area contributed by atoms with Crippen LogP contribution in [0.25, 0.3) is 0 Å². The summed E-state index contributed by atoms with van der Waals surface area (Å²) in [6.07, 6.45) is 3.67. The van der Waals surface area contributed by atoms with Crippen LogP contribution in [0.4, 0.5) is 0 Å². The molecule has 2 heteroatoms. The molecule has 0 aromatic rings. The fourth-order valence-electron chi connectivity index (χ4n) is 1.11. The first-order valence-electron chi connectivity index (χ1n) is 4.74. The Morgan fingerprint density at radius 2 is 1.71 bits per heavy atom. The first-order chi connectivity index (χ1) is 6.22. The maximum Gasteiger partial charge on any atom is 0.136 e. The third-order valence-corrected chi connectivity index (χ3v) is 2.20. The van der Waals surface area contributed by atoms with Crippen LogP contribution in [0, 0.1) is 5.41 Å². The summed E-state index contributed by atoms with van der Waals surface area (Å²) in [7, 11) is 0. The number of Topliss-reactive ketones (excluding diaryl/α,β-unsaturated/α-hetero) is 1. The summed E-state index contributed by atoms with van der Waals surface area (Å²) >= 11 is 0. The van der Waals surface area contributed by atoms with Crippen LogP contribution < -0.4 is 0 Å². The Hall–Kier alpha value is -0.890. The molecule has 0 aromatic carbocycles. The van der Waals surface area contributed by atoms with Crippen molar-refractivity contribution in [2.75, 3.05) is 0 Å². The summed E-state index contributed by atoms with van der Waals surface area (Å²) in [4.78, 5) is 11.5. The van der Waals surface area contributed by atoms with E-state index in [1.165, 1.54) is 6.08 Å². The summed E-state index contributed by atoms with van der Waals surface area (Å²) in [5.74, 6) is 0.0276. The SMILES string of the molecule is C=CC(C)(C)CC(=O)CC(C)(O)C=C. The highest BCUT2D eigenvalue weighted by Gasteiger charge is 2.24. The normalized spacial score (nSPS) is 15.7. The molecule has 1 unspecified atom stereocenters. The first-order valence-corrected chi connectivity index (χ1v) is 4.74. The van der Waals surface area contributed by atoms with Crippen molar-refractivity contribution >= 4 is 5.78 Å². The molecule has 14 heavy (non-hydrogen) atoms. The van der Waals surface area contributed by atoms with E-state index in [2.05, 4.69) is 13.2 Å². The summed E-state index contributed by atoms with van der Waals surface area (Å²) in [5, 5.41) is 9.60. The van der Waals surface area contributed by atoms with E-state index in [-0.39, 0.29) is 17.6 Å². The Balaban J connectivity index is 4.25. The standard InChI is InChI=1S/C12H20O2/c1-6-11(3,4)8-10(13)9-12(5,14)7-2/h6-7,14H,1-2,8-9H2,3-5H3. The van der Waals surface area contributed by atoms with Gasteiger partial charge in [-0.05, 0) is 12.3 Å². The minimum Gasteiger partial charge on any atom is -0.386 e. The first kappa shape index (κ1) is 13.1. The zero-order valence-electron chi connectivity index (χ0n) is 9.34. The Morgan fingerprint density at radius 1 is 1.21 bits per heavy atom. The molecule has 0 rings (SSSR count). The molecule has 0 amide bonds. The highest BCUT2D eigenvalue weighted by molar-refractivity contribution is 5.80. The lowest BCUT2D eigenvalue weighted by Gasteiger charge is -2.22. The molecular weight excluding hydrogens is 176 g/mol. The zero-order chi connectivity index (χ0) is 11.4. The van der Waals surface area contributed by atoms with Crippen molar-refractivity contribution in [2.24, 2.45) is 5.41 Å². The largest absolute Gasteiger partial charge is 0.386 e. The van der Waals surface area contributed by atoms with Gasteiger partial charge in [0.15, 0.2) is 0 Å². The fourth-order valence-corrected chi connectivity index (χ4v) is 1.11. The Kier molecular flexibility index (Phi) is 4.27.